The fraction of sp³-hybridized carbons (Fsp3) is 0.308. The van der Waals surface area contributed by atoms with Crippen LogP contribution in [0.5, 0.6) is 0 Å². The van der Waals surface area contributed by atoms with Crippen molar-refractivity contribution in [3.8, 4) is 10.6 Å². The third-order valence-corrected chi connectivity index (χ3v) is 4.01. The SMILES string of the molecule is CNCCc1nc(-c2ccccc2C)sc1Cl. The van der Waals surface area contributed by atoms with Crippen molar-refractivity contribution in [2.75, 3.05) is 13.6 Å². The van der Waals surface area contributed by atoms with Gasteiger partial charge in [-0.05, 0) is 19.5 Å². The summed E-state index contributed by atoms with van der Waals surface area (Å²) >= 11 is 7.77. The Morgan fingerprint density at radius 1 is 1.35 bits per heavy atom. The van der Waals surface area contributed by atoms with E-state index in [4.69, 9.17) is 11.6 Å². The lowest BCUT2D eigenvalue weighted by Crippen LogP contribution is -2.10. The molecule has 0 fully saturated rings. The van der Waals surface area contributed by atoms with Gasteiger partial charge in [-0.1, -0.05) is 35.9 Å². The van der Waals surface area contributed by atoms with Crippen molar-refractivity contribution in [3.05, 3.63) is 39.9 Å². The topological polar surface area (TPSA) is 24.9 Å². The van der Waals surface area contributed by atoms with Crippen LogP contribution in [0, 0.1) is 6.92 Å². The Bertz CT molecular complexity index is 508. The second-order valence-corrected chi connectivity index (χ2v) is 5.51. The van der Waals surface area contributed by atoms with E-state index in [0.717, 1.165) is 28.0 Å². The van der Waals surface area contributed by atoms with Crippen molar-refractivity contribution < 1.29 is 0 Å². The van der Waals surface area contributed by atoms with Crippen molar-refractivity contribution in [2.24, 2.45) is 0 Å². The van der Waals surface area contributed by atoms with Crippen LogP contribution in [0.15, 0.2) is 24.3 Å². The first-order chi connectivity index (χ1) is 8.22. The molecule has 1 heterocycles. The van der Waals surface area contributed by atoms with Crippen molar-refractivity contribution >= 4 is 22.9 Å². The lowest BCUT2D eigenvalue weighted by molar-refractivity contribution is 0.781. The van der Waals surface area contributed by atoms with E-state index in [-0.39, 0.29) is 0 Å². The number of thiazole rings is 1. The Labute approximate surface area is 111 Å². The molecule has 90 valence electrons. The largest absolute Gasteiger partial charge is 0.319 e. The van der Waals surface area contributed by atoms with Crippen LogP contribution in [-0.2, 0) is 6.42 Å². The lowest BCUT2D eigenvalue weighted by atomic mass is 10.1. The summed E-state index contributed by atoms with van der Waals surface area (Å²) in [6.07, 6.45) is 0.873. The van der Waals surface area contributed by atoms with E-state index in [2.05, 4.69) is 29.4 Å². The molecule has 0 atom stereocenters. The maximum Gasteiger partial charge on any atom is 0.125 e. The number of benzene rings is 1. The highest BCUT2D eigenvalue weighted by molar-refractivity contribution is 7.19. The molecule has 0 radical (unpaired) electrons. The molecule has 0 saturated carbocycles. The van der Waals surface area contributed by atoms with Crippen LogP contribution in [-0.4, -0.2) is 18.6 Å². The molecule has 0 aliphatic rings. The minimum Gasteiger partial charge on any atom is -0.319 e. The number of nitrogens with zero attached hydrogens (tertiary/aromatic N) is 1. The normalized spacial score (nSPS) is 10.8. The first kappa shape index (κ1) is 12.6. The van der Waals surface area contributed by atoms with Crippen molar-refractivity contribution in [1.29, 1.82) is 0 Å². The highest BCUT2D eigenvalue weighted by Gasteiger charge is 2.11. The van der Waals surface area contributed by atoms with Gasteiger partial charge in [-0.2, -0.15) is 0 Å². The van der Waals surface area contributed by atoms with Gasteiger partial charge < -0.3 is 5.32 Å². The molecule has 1 aromatic heterocycles. The van der Waals surface area contributed by atoms with E-state index in [1.54, 1.807) is 11.3 Å². The highest BCUT2D eigenvalue weighted by atomic mass is 35.5. The predicted molar refractivity (Wildman–Crippen MR) is 74.9 cm³/mol. The summed E-state index contributed by atoms with van der Waals surface area (Å²) in [4.78, 5) is 4.62. The van der Waals surface area contributed by atoms with Gasteiger partial charge in [0.05, 0.1) is 5.69 Å². The average Bonchev–Trinajstić information content (AvgIpc) is 2.68. The average molecular weight is 267 g/mol. The second kappa shape index (κ2) is 5.63. The first-order valence-corrected chi connectivity index (χ1v) is 6.77. The number of aryl methyl sites for hydroxylation is 1. The zero-order valence-electron chi connectivity index (χ0n) is 9.96. The third-order valence-electron chi connectivity index (χ3n) is 2.64. The summed E-state index contributed by atoms with van der Waals surface area (Å²) in [7, 11) is 1.93. The molecule has 17 heavy (non-hydrogen) atoms. The summed E-state index contributed by atoms with van der Waals surface area (Å²) in [6.45, 7) is 2.99. The third kappa shape index (κ3) is 2.86. The maximum absolute atomic E-state index is 6.21. The number of halogens is 1. The van der Waals surface area contributed by atoms with Crippen molar-refractivity contribution in [1.82, 2.24) is 10.3 Å². The van der Waals surface area contributed by atoms with Crippen LogP contribution < -0.4 is 5.32 Å². The summed E-state index contributed by atoms with van der Waals surface area (Å²) in [5.74, 6) is 0. The van der Waals surface area contributed by atoms with Gasteiger partial charge in [-0.15, -0.1) is 11.3 Å². The Morgan fingerprint density at radius 3 is 2.82 bits per heavy atom. The van der Waals surface area contributed by atoms with E-state index < -0.39 is 0 Å². The number of hydrogen-bond donors (Lipinski definition) is 1. The van der Waals surface area contributed by atoms with E-state index in [1.165, 1.54) is 11.1 Å². The highest BCUT2D eigenvalue weighted by Crippen LogP contribution is 2.33. The van der Waals surface area contributed by atoms with Gasteiger partial charge in [0.25, 0.3) is 0 Å². The Hall–Kier alpha value is -0.900. The zero-order chi connectivity index (χ0) is 12.3. The number of hydrogen-bond acceptors (Lipinski definition) is 3. The van der Waals surface area contributed by atoms with Gasteiger partial charge in [0.2, 0.25) is 0 Å². The Kier molecular flexibility index (Phi) is 4.15. The second-order valence-electron chi connectivity index (χ2n) is 3.91. The first-order valence-electron chi connectivity index (χ1n) is 5.58. The molecule has 0 aliphatic carbocycles. The monoisotopic (exact) mass is 266 g/mol. The van der Waals surface area contributed by atoms with Crippen LogP contribution in [0.2, 0.25) is 4.34 Å². The molecule has 2 nitrogen and oxygen atoms in total. The summed E-state index contributed by atoms with van der Waals surface area (Å²) < 4.78 is 0.804. The number of nitrogens with one attached hydrogen (secondary N) is 1. The van der Waals surface area contributed by atoms with Gasteiger partial charge in [-0.3, -0.25) is 0 Å². The number of rotatable bonds is 4. The summed E-state index contributed by atoms with van der Waals surface area (Å²) in [5, 5.41) is 4.12. The number of aromatic nitrogens is 1. The van der Waals surface area contributed by atoms with Crippen LogP contribution in [0.1, 0.15) is 11.3 Å². The predicted octanol–water partition coefficient (Wildman–Crippen LogP) is 3.53. The maximum atomic E-state index is 6.21. The molecule has 2 aromatic rings. The van der Waals surface area contributed by atoms with Gasteiger partial charge in [0.1, 0.15) is 9.34 Å². The minimum atomic E-state index is 0.804. The Morgan fingerprint density at radius 2 is 2.12 bits per heavy atom. The molecular weight excluding hydrogens is 252 g/mol. The standard InChI is InChI=1S/C13H15ClN2S/c1-9-5-3-4-6-10(9)13-16-11(7-8-15-2)12(14)17-13/h3-6,15H,7-8H2,1-2H3. The molecule has 4 heteroatoms. The minimum absolute atomic E-state index is 0.804. The molecule has 0 spiro atoms. The molecule has 0 saturated heterocycles. The van der Waals surface area contributed by atoms with E-state index >= 15 is 0 Å². The van der Waals surface area contributed by atoms with Crippen LogP contribution in [0.3, 0.4) is 0 Å². The zero-order valence-corrected chi connectivity index (χ0v) is 11.5. The Balaban J connectivity index is 2.31. The molecule has 2 rings (SSSR count). The number of likely N-dealkylation sites (N-methyl/N-ethyl adjacent to an activating group) is 1. The molecule has 1 aromatic carbocycles. The van der Waals surface area contributed by atoms with Gasteiger partial charge in [0.15, 0.2) is 0 Å². The van der Waals surface area contributed by atoms with Crippen LogP contribution in [0.25, 0.3) is 10.6 Å². The van der Waals surface area contributed by atoms with Crippen LogP contribution in [0.4, 0.5) is 0 Å². The van der Waals surface area contributed by atoms with Gasteiger partial charge in [0, 0.05) is 18.5 Å². The smallest absolute Gasteiger partial charge is 0.125 e. The van der Waals surface area contributed by atoms with Gasteiger partial charge in [-0.25, -0.2) is 4.98 Å². The quantitative estimate of drug-likeness (QED) is 0.916. The van der Waals surface area contributed by atoms with E-state index in [9.17, 15) is 0 Å². The summed E-state index contributed by atoms with van der Waals surface area (Å²) in [6, 6.07) is 8.26. The fourth-order valence-corrected chi connectivity index (χ4v) is 2.94. The van der Waals surface area contributed by atoms with Crippen molar-refractivity contribution in [2.45, 2.75) is 13.3 Å². The molecule has 1 N–H and O–H groups in total. The van der Waals surface area contributed by atoms with Gasteiger partial charge >= 0.3 is 0 Å². The lowest BCUT2D eigenvalue weighted by Gasteiger charge is -2.00. The van der Waals surface area contributed by atoms with E-state index in [1.807, 2.05) is 19.2 Å². The molecular formula is C13H15ClN2S. The fourth-order valence-electron chi connectivity index (χ4n) is 1.66. The molecule has 0 aliphatic heterocycles. The molecule has 0 amide bonds. The molecule has 0 bridgehead atoms. The van der Waals surface area contributed by atoms with E-state index in [0.29, 0.717) is 0 Å². The van der Waals surface area contributed by atoms with Crippen LogP contribution >= 0.6 is 22.9 Å². The summed E-state index contributed by atoms with van der Waals surface area (Å²) in [5.41, 5.74) is 3.40. The van der Waals surface area contributed by atoms with Crippen molar-refractivity contribution in [3.63, 3.8) is 0 Å². The molecule has 0 unspecified atom stereocenters.